The molecule has 3 nitrogen and oxygen atoms in total. The third-order valence-electron chi connectivity index (χ3n) is 3.20. The van der Waals surface area contributed by atoms with E-state index in [4.69, 9.17) is 10.5 Å². The van der Waals surface area contributed by atoms with Gasteiger partial charge in [-0.15, -0.1) is 0 Å². The Hall–Kier alpha value is -2.00. The van der Waals surface area contributed by atoms with Crippen LogP contribution in [0.1, 0.15) is 18.1 Å². The van der Waals surface area contributed by atoms with Crippen molar-refractivity contribution in [2.24, 2.45) is 0 Å². The van der Waals surface area contributed by atoms with Gasteiger partial charge in [0.05, 0.1) is 5.69 Å². The zero-order valence-electron chi connectivity index (χ0n) is 12.1. The average molecular weight is 270 g/mol. The average Bonchev–Trinajstić information content (AvgIpc) is 2.46. The predicted octanol–water partition coefficient (Wildman–Crippen LogP) is 3.34. The number of para-hydroxylation sites is 2. The lowest BCUT2D eigenvalue weighted by Crippen LogP contribution is -2.19. The monoisotopic (exact) mass is 270 g/mol. The summed E-state index contributed by atoms with van der Waals surface area (Å²) in [4.78, 5) is 2.16. The summed E-state index contributed by atoms with van der Waals surface area (Å²) in [5.74, 6) is 0.750. The van der Waals surface area contributed by atoms with Gasteiger partial charge in [-0.05, 0) is 31.8 Å². The van der Waals surface area contributed by atoms with Gasteiger partial charge >= 0.3 is 0 Å². The van der Waals surface area contributed by atoms with E-state index in [1.807, 2.05) is 42.5 Å². The highest BCUT2D eigenvalue weighted by Gasteiger charge is 2.14. The number of benzene rings is 2. The summed E-state index contributed by atoms with van der Waals surface area (Å²) in [6.45, 7) is 0.965. The standard InChI is InChI=1S/C17H22N2O/c1-19(2)13-12-16(14-8-4-3-5-9-14)20-17-11-7-6-10-15(17)18/h3-11,16H,12-13,18H2,1-2H3/t16-/m1/s1. The lowest BCUT2D eigenvalue weighted by atomic mass is 10.1. The van der Waals surface area contributed by atoms with Crippen LogP contribution in [0.5, 0.6) is 5.75 Å². The molecular formula is C17H22N2O. The van der Waals surface area contributed by atoms with Gasteiger partial charge in [0.1, 0.15) is 11.9 Å². The second-order valence-electron chi connectivity index (χ2n) is 5.15. The molecular weight excluding hydrogens is 248 g/mol. The van der Waals surface area contributed by atoms with Gasteiger partial charge in [0.15, 0.2) is 0 Å². The molecule has 2 N–H and O–H groups in total. The Morgan fingerprint density at radius 3 is 2.30 bits per heavy atom. The van der Waals surface area contributed by atoms with Crippen molar-refractivity contribution < 1.29 is 4.74 Å². The van der Waals surface area contributed by atoms with Crippen LogP contribution in [0.3, 0.4) is 0 Å². The molecule has 2 aromatic rings. The number of anilines is 1. The quantitative estimate of drug-likeness (QED) is 0.818. The Morgan fingerprint density at radius 2 is 1.65 bits per heavy atom. The Balaban J connectivity index is 2.16. The maximum absolute atomic E-state index is 6.13. The molecule has 0 radical (unpaired) electrons. The number of nitrogens with zero attached hydrogens (tertiary/aromatic N) is 1. The van der Waals surface area contributed by atoms with E-state index in [1.54, 1.807) is 0 Å². The third-order valence-corrected chi connectivity index (χ3v) is 3.20. The molecule has 0 fully saturated rings. The third kappa shape index (κ3) is 4.00. The first kappa shape index (κ1) is 14.4. The van der Waals surface area contributed by atoms with Crippen LogP contribution in [0, 0.1) is 0 Å². The first-order chi connectivity index (χ1) is 9.66. The van der Waals surface area contributed by atoms with Crippen molar-refractivity contribution in [1.29, 1.82) is 0 Å². The summed E-state index contributed by atoms with van der Waals surface area (Å²) >= 11 is 0. The molecule has 106 valence electrons. The van der Waals surface area contributed by atoms with Crippen LogP contribution < -0.4 is 10.5 Å². The Morgan fingerprint density at radius 1 is 1.00 bits per heavy atom. The van der Waals surface area contributed by atoms with Gasteiger partial charge in [-0.1, -0.05) is 42.5 Å². The molecule has 2 aromatic carbocycles. The SMILES string of the molecule is CN(C)CC[C@@H](Oc1ccccc1N)c1ccccc1. The molecule has 0 aliphatic carbocycles. The molecule has 0 spiro atoms. The molecule has 0 saturated carbocycles. The van der Waals surface area contributed by atoms with Crippen LogP contribution in [-0.4, -0.2) is 25.5 Å². The summed E-state index contributed by atoms with van der Waals surface area (Å²) in [5.41, 5.74) is 7.82. The van der Waals surface area contributed by atoms with Gasteiger partial charge in [0.2, 0.25) is 0 Å². The van der Waals surface area contributed by atoms with Crippen LogP contribution in [0.25, 0.3) is 0 Å². The second kappa shape index (κ2) is 6.96. The maximum Gasteiger partial charge on any atom is 0.143 e. The van der Waals surface area contributed by atoms with Crippen molar-refractivity contribution >= 4 is 5.69 Å². The van der Waals surface area contributed by atoms with Crippen LogP contribution in [-0.2, 0) is 0 Å². The molecule has 0 aromatic heterocycles. The number of hydrogen-bond donors (Lipinski definition) is 1. The van der Waals surface area contributed by atoms with Crippen molar-refractivity contribution in [2.75, 3.05) is 26.4 Å². The smallest absolute Gasteiger partial charge is 0.143 e. The van der Waals surface area contributed by atoms with Crippen molar-refractivity contribution in [2.45, 2.75) is 12.5 Å². The molecule has 0 saturated heterocycles. The molecule has 3 heteroatoms. The van der Waals surface area contributed by atoms with Crippen molar-refractivity contribution in [3.05, 3.63) is 60.2 Å². The normalized spacial score (nSPS) is 12.3. The second-order valence-corrected chi connectivity index (χ2v) is 5.15. The van der Waals surface area contributed by atoms with E-state index < -0.39 is 0 Å². The lowest BCUT2D eigenvalue weighted by Gasteiger charge is -2.22. The first-order valence-electron chi connectivity index (χ1n) is 6.87. The van der Waals surface area contributed by atoms with Crippen LogP contribution in [0.4, 0.5) is 5.69 Å². The van der Waals surface area contributed by atoms with Gasteiger partial charge in [0, 0.05) is 13.0 Å². The van der Waals surface area contributed by atoms with E-state index in [9.17, 15) is 0 Å². The van der Waals surface area contributed by atoms with Gasteiger partial charge in [-0.3, -0.25) is 0 Å². The van der Waals surface area contributed by atoms with Crippen LogP contribution in [0.2, 0.25) is 0 Å². The lowest BCUT2D eigenvalue weighted by molar-refractivity contribution is 0.180. The van der Waals surface area contributed by atoms with Crippen LogP contribution >= 0.6 is 0 Å². The van der Waals surface area contributed by atoms with Crippen LogP contribution in [0.15, 0.2) is 54.6 Å². The number of ether oxygens (including phenoxy) is 1. The number of nitrogen functional groups attached to an aromatic ring is 1. The molecule has 0 heterocycles. The number of hydrogen-bond acceptors (Lipinski definition) is 3. The molecule has 2 rings (SSSR count). The zero-order valence-corrected chi connectivity index (χ0v) is 12.1. The zero-order chi connectivity index (χ0) is 14.4. The van der Waals surface area contributed by atoms with E-state index >= 15 is 0 Å². The first-order valence-corrected chi connectivity index (χ1v) is 6.87. The molecule has 0 aliphatic heterocycles. The van der Waals surface area contributed by atoms with E-state index in [0.29, 0.717) is 5.69 Å². The summed E-state index contributed by atoms with van der Waals surface area (Å²) in [6, 6.07) is 17.9. The minimum Gasteiger partial charge on any atom is -0.484 e. The predicted molar refractivity (Wildman–Crippen MR) is 83.8 cm³/mol. The van der Waals surface area contributed by atoms with Gasteiger partial charge < -0.3 is 15.4 Å². The molecule has 0 bridgehead atoms. The van der Waals surface area contributed by atoms with Gasteiger partial charge in [0.25, 0.3) is 0 Å². The van der Waals surface area contributed by atoms with E-state index in [2.05, 4.69) is 31.1 Å². The van der Waals surface area contributed by atoms with Crippen molar-refractivity contribution in [3.8, 4) is 5.75 Å². The van der Waals surface area contributed by atoms with Crippen molar-refractivity contribution in [1.82, 2.24) is 4.90 Å². The minimum absolute atomic E-state index is 0.0169. The topological polar surface area (TPSA) is 38.5 Å². The molecule has 0 aliphatic rings. The summed E-state index contributed by atoms with van der Waals surface area (Å²) in [6.07, 6.45) is 0.939. The fourth-order valence-electron chi connectivity index (χ4n) is 2.08. The van der Waals surface area contributed by atoms with E-state index in [0.717, 1.165) is 18.7 Å². The highest BCUT2D eigenvalue weighted by atomic mass is 16.5. The highest BCUT2D eigenvalue weighted by Crippen LogP contribution is 2.28. The largest absolute Gasteiger partial charge is 0.484 e. The fourth-order valence-corrected chi connectivity index (χ4v) is 2.08. The molecule has 1 atom stereocenters. The maximum atomic E-state index is 6.13. The highest BCUT2D eigenvalue weighted by molar-refractivity contribution is 5.52. The Labute approximate surface area is 121 Å². The number of rotatable bonds is 6. The Kier molecular flexibility index (Phi) is 5.02. The molecule has 0 unspecified atom stereocenters. The van der Waals surface area contributed by atoms with Gasteiger partial charge in [-0.2, -0.15) is 0 Å². The van der Waals surface area contributed by atoms with Gasteiger partial charge in [-0.25, -0.2) is 0 Å². The summed E-state index contributed by atoms with van der Waals surface area (Å²) < 4.78 is 6.13. The summed E-state index contributed by atoms with van der Waals surface area (Å²) in [7, 11) is 4.14. The Bertz CT molecular complexity index is 526. The minimum atomic E-state index is 0.0169. The fraction of sp³-hybridized carbons (Fsp3) is 0.294. The molecule has 20 heavy (non-hydrogen) atoms. The molecule has 0 amide bonds. The van der Waals surface area contributed by atoms with E-state index in [-0.39, 0.29) is 6.10 Å². The van der Waals surface area contributed by atoms with Crippen molar-refractivity contribution in [3.63, 3.8) is 0 Å². The van der Waals surface area contributed by atoms with E-state index in [1.165, 1.54) is 5.56 Å². The summed E-state index contributed by atoms with van der Waals surface area (Å²) in [5, 5.41) is 0. The number of nitrogens with two attached hydrogens (primary N) is 1.